The van der Waals surface area contributed by atoms with Crippen molar-refractivity contribution in [1.29, 1.82) is 0 Å². The molecule has 1 aliphatic heterocycles. The second-order valence-corrected chi connectivity index (χ2v) is 5.01. The predicted molar refractivity (Wildman–Crippen MR) is 70.3 cm³/mol. The number of carbonyl (C=O) groups is 1. The van der Waals surface area contributed by atoms with Gasteiger partial charge in [-0.05, 0) is 51.2 Å². The fourth-order valence-electron chi connectivity index (χ4n) is 2.08. The Morgan fingerprint density at radius 1 is 1.41 bits per heavy atom. The van der Waals surface area contributed by atoms with Crippen LogP contribution >= 0.6 is 11.6 Å². The van der Waals surface area contributed by atoms with E-state index in [1.54, 1.807) is 12.1 Å². The Hall–Kier alpha value is -1.06. The molecule has 1 N–H and O–H groups in total. The van der Waals surface area contributed by atoms with Gasteiger partial charge in [-0.15, -0.1) is 0 Å². The highest BCUT2D eigenvalue weighted by molar-refractivity contribution is 6.30. The SMILES string of the molecule is CN1CCC(C(=O)Nc2cccc(Cl)c2)CC1. The number of likely N-dealkylation sites (tertiary alicyclic amines) is 1. The second kappa shape index (κ2) is 5.52. The van der Waals surface area contributed by atoms with Crippen LogP contribution in [0, 0.1) is 5.92 Å². The molecule has 0 aliphatic carbocycles. The number of carbonyl (C=O) groups excluding carboxylic acids is 1. The lowest BCUT2D eigenvalue weighted by Gasteiger charge is -2.28. The van der Waals surface area contributed by atoms with Crippen LogP contribution in [-0.4, -0.2) is 30.9 Å². The number of halogens is 1. The van der Waals surface area contributed by atoms with Gasteiger partial charge < -0.3 is 10.2 Å². The number of hydrogen-bond donors (Lipinski definition) is 1. The molecule has 0 unspecified atom stereocenters. The van der Waals surface area contributed by atoms with Gasteiger partial charge in [0.1, 0.15) is 0 Å². The summed E-state index contributed by atoms with van der Waals surface area (Å²) in [5.41, 5.74) is 0.779. The van der Waals surface area contributed by atoms with Crippen LogP contribution in [0.3, 0.4) is 0 Å². The lowest BCUT2D eigenvalue weighted by atomic mass is 9.96. The first-order valence-electron chi connectivity index (χ1n) is 5.90. The number of rotatable bonds is 2. The van der Waals surface area contributed by atoms with E-state index in [2.05, 4.69) is 17.3 Å². The van der Waals surface area contributed by atoms with Crippen LogP contribution in [0.5, 0.6) is 0 Å². The smallest absolute Gasteiger partial charge is 0.227 e. The lowest BCUT2D eigenvalue weighted by molar-refractivity contribution is -0.121. The van der Waals surface area contributed by atoms with Crippen molar-refractivity contribution in [3.8, 4) is 0 Å². The molecule has 4 heteroatoms. The maximum atomic E-state index is 12.0. The van der Waals surface area contributed by atoms with Crippen molar-refractivity contribution in [1.82, 2.24) is 4.90 Å². The van der Waals surface area contributed by atoms with Crippen molar-refractivity contribution < 1.29 is 4.79 Å². The molecule has 0 saturated carbocycles. The molecular weight excluding hydrogens is 236 g/mol. The van der Waals surface area contributed by atoms with Crippen LogP contribution < -0.4 is 5.32 Å². The van der Waals surface area contributed by atoms with Crippen LogP contribution in [0.25, 0.3) is 0 Å². The largest absolute Gasteiger partial charge is 0.326 e. The highest BCUT2D eigenvalue weighted by Crippen LogP contribution is 2.20. The van der Waals surface area contributed by atoms with Gasteiger partial charge in [0, 0.05) is 16.6 Å². The van der Waals surface area contributed by atoms with E-state index in [0.717, 1.165) is 31.6 Å². The molecule has 0 radical (unpaired) electrons. The number of anilines is 1. The van der Waals surface area contributed by atoms with E-state index in [1.165, 1.54) is 0 Å². The van der Waals surface area contributed by atoms with Gasteiger partial charge in [-0.2, -0.15) is 0 Å². The molecule has 1 saturated heterocycles. The van der Waals surface area contributed by atoms with Gasteiger partial charge in [0.15, 0.2) is 0 Å². The van der Waals surface area contributed by atoms with Crippen LogP contribution in [0.15, 0.2) is 24.3 Å². The highest BCUT2D eigenvalue weighted by atomic mass is 35.5. The Morgan fingerprint density at radius 3 is 2.76 bits per heavy atom. The minimum atomic E-state index is 0.111. The summed E-state index contributed by atoms with van der Waals surface area (Å²) >= 11 is 5.88. The zero-order chi connectivity index (χ0) is 12.3. The lowest BCUT2D eigenvalue weighted by Crippen LogP contribution is -2.35. The molecule has 17 heavy (non-hydrogen) atoms. The summed E-state index contributed by atoms with van der Waals surface area (Å²) in [6.45, 7) is 1.99. The first-order chi connectivity index (χ1) is 8.15. The van der Waals surface area contributed by atoms with Crippen molar-refractivity contribution in [2.24, 2.45) is 5.92 Å². The average molecular weight is 253 g/mol. The van der Waals surface area contributed by atoms with Gasteiger partial charge in [0.25, 0.3) is 0 Å². The van der Waals surface area contributed by atoms with Crippen LogP contribution in [0.4, 0.5) is 5.69 Å². The molecule has 0 aromatic heterocycles. The molecule has 1 aliphatic rings. The first kappa shape index (κ1) is 12.4. The molecule has 2 rings (SSSR count). The summed E-state index contributed by atoms with van der Waals surface area (Å²) in [4.78, 5) is 14.3. The van der Waals surface area contributed by atoms with E-state index in [0.29, 0.717) is 5.02 Å². The summed E-state index contributed by atoms with van der Waals surface area (Å²) in [6, 6.07) is 7.27. The Kier molecular flexibility index (Phi) is 4.02. The molecule has 92 valence electrons. The zero-order valence-electron chi connectivity index (χ0n) is 9.95. The molecule has 3 nitrogen and oxygen atoms in total. The second-order valence-electron chi connectivity index (χ2n) is 4.58. The highest BCUT2D eigenvalue weighted by Gasteiger charge is 2.23. The summed E-state index contributed by atoms with van der Waals surface area (Å²) in [5, 5.41) is 3.57. The topological polar surface area (TPSA) is 32.3 Å². The van der Waals surface area contributed by atoms with Crippen LogP contribution in [0.1, 0.15) is 12.8 Å². The van der Waals surface area contributed by atoms with Gasteiger partial charge >= 0.3 is 0 Å². The standard InChI is InChI=1S/C13H17ClN2O/c1-16-7-5-10(6-8-16)13(17)15-12-4-2-3-11(14)9-12/h2-4,9-10H,5-8H2,1H3,(H,15,17). The zero-order valence-corrected chi connectivity index (χ0v) is 10.7. The quantitative estimate of drug-likeness (QED) is 0.878. The van der Waals surface area contributed by atoms with Crippen molar-refractivity contribution >= 4 is 23.2 Å². The van der Waals surface area contributed by atoms with Gasteiger partial charge in [0.2, 0.25) is 5.91 Å². The number of nitrogens with zero attached hydrogens (tertiary/aromatic N) is 1. The molecule has 1 fully saturated rings. The summed E-state index contributed by atoms with van der Waals surface area (Å²) in [7, 11) is 2.09. The number of benzene rings is 1. The van der Waals surface area contributed by atoms with Gasteiger partial charge in [-0.3, -0.25) is 4.79 Å². The minimum absolute atomic E-state index is 0.111. The molecule has 0 bridgehead atoms. The normalized spacial score (nSPS) is 18.0. The Balaban J connectivity index is 1.93. The third-order valence-corrected chi connectivity index (χ3v) is 3.42. The van der Waals surface area contributed by atoms with Crippen LogP contribution in [-0.2, 0) is 4.79 Å². The van der Waals surface area contributed by atoms with Crippen molar-refractivity contribution in [2.45, 2.75) is 12.8 Å². The van der Waals surface area contributed by atoms with Crippen molar-refractivity contribution in [2.75, 3.05) is 25.5 Å². The molecule has 1 heterocycles. The Morgan fingerprint density at radius 2 is 2.12 bits per heavy atom. The van der Waals surface area contributed by atoms with Crippen molar-refractivity contribution in [3.05, 3.63) is 29.3 Å². The first-order valence-corrected chi connectivity index (χ1v) is 6.28. The third kappa shape index (κ3) is 3.45. The van der Waals surface area contributed by atoms with Crippen LogP contribution in [0.2, 0.25) is 5.02 Å². The maximum absolute atomic E-state index is 12.0. The van der Waals surface area contributed by atoms with E-state index in [4.69, 9.17) is 11.6 Å². The maximum Gasteiger partial charge on any atom is 0.227 e. The van der Waals surface area contributed by atoms with Gasteiger partial charge in [-0.25, -0.2) is 0 Å². The number of piperidine rings is 1. The fourth-order valence-corrected chi connectivity index (χ4v) is 2.27. The molecule has 0 spiro atoms. The Bertz CT molecular complexity index is 400. The number of nitrogens with one attached hydrogen (secondary N) is 1. The van der Waals surface area contributed by atoms with Crippen molar-refractivity contribution in [3.63, 3.8) is 0 Å². The summed E-state index contributed by atoms with van der Waals surface area (Å²) in [5.74, 6) is 0.241. The third-order valence-electron chi connectivity index (χ3n) is 3.18. The van der Waals surface area contributed by atoms with E-state index in [-0.39, 0.29) is 11.8 Å². The van der Waals surface area contributed by atoms with Gasteiger partial charge in [-0.1, -0.05) is 17.7 Å². The van der Waals surface area contributed by atoms with E-state index in [9.17, 15) is 4.79 Å². The van der Waals surface area contributed by atoms with E-state index >= 15 is 0 Å². The molecule has 1 aromatic carbocycles. The average Bonchev–Trinajstić information content (AvgIpc) is 2.29. The molecule has 1 aromatic rings. The Labute approximate surface area is 107 Å². The monoisotopic (exact) mass is 252 g/mol. The molecule has 0 atom stereocenters. The minimum Gasteiger partial charge on any atom is -0.326 e. The van der Waals surface area contributed by atoms with Gasteiger partial charge in [0.05, 0.1) is 0 Å². The van der Waals surface area contributed by atoms with E-state index < -0.39 is 0 Å². The fraction of sp³-hybridized carbons (Fsp3) is 0.462. The van der Waals surface area contributed by atoms with E-state index in [1.807, 2.05) is 12.1 Å². The molecule has 1 amide bonds. The summed E-state index contributed by atoms with van der Waals surface area (Å²) < 4.78 is 0. The number of hydrogen-bond acceptors (Lipinski definition) is 2. The molecular formula is C13H17ClN2O. The number of amides is 1. The predicted octanol–water partition coefficient (Wildman–Crippen LogP) is 2.62. The summed E-state index contributed by atoms with van der Waals surface area (Å²) in [6.07, 6.45) is 1.87.